The number of rotatable bonds is 4. The molecule has 0 atom stereocenters. The molecule has 2 rings (SSSR count). The van der Waals surface area contributed by atoms with Gasteiger partial charge in [-0.15, -0.1) is 0 Å². The summed E-state index contributed by atoms with van der Waals surface area (Å²) < 4.78 is 10.2. The highest BCUT2D eigenvalue weighted by Crippen LogP contribution is 2.19. The Labute approximate surface area is 135 Å². The molecule has 0 spiro atoms. The third-order valence-electron chi connectivity index (χ3n) is 2.96. The van der Waals surface area contributed by atoms with Gasteiger partial charge in [-0.1, -0.05) is 6.07 Å². The van der Waals surface area contributed by atoms with Gasteiger partial charge >= 0.3 is 11.9 Å². The summed E-state index contributed by atoms with van der Waals surface area (Å²) in [7, 11) is 0. The van der Waals surface area contributed by atoms with E-state index in [-0.39, 0.29) is 11.9 Å². The van der Waals surface area contributed by atoms with E-state index in [1.807, 2.05) is 39.0 Å². The first-order chi connectivity index (χ1) is 10.8. The van der Waals surface area contributed by atoms with E-state index in [2.05, 4.69) is 4.98 Å². The van der Waals surface area contributed by atoms with E-state index >= 15 is 0 Å². The lowest BCUT2D eigenvalue weighted by molar-refractivity contribution is -0.148. The number of esters is 2. The van der Waals surface area contributed by atoms with Gasteiger partial charge in [0.15, 0.2) is 0 Å². The number of aromatic amines is 1. The molecule has 0 amide bonds. The molecule has 5 heteroatoms. The average molecular weight is 315 g/mol. The van der Waals surface area contributed by atoms with Crippen molar-refractivity contribution >= 4 is 28.9 Å². The van der Waals surface area contributed by atoms with Crippen LogP contribution in [0.2, 0.25) is 0 Å². The van der Waals surface area contributed by atoms with Crippen LogP contribution in [0.5, 0.6) is 0 Å². The molecule has 0 aliphatic carbocycles. The summed E-state index contributed by atoms with van der Waals surface area (Å²) in [5, 5.41) is 0.874. The van der Waals surface area contributed by atoms with Crippen LogP contribution in [0.4, 0.5) is 0 Å². The molecule has 0 unspecified atom stereocenters. The van der Waals surface area contributed by atoms with Crippen molar-refractivity contribution in [2.75, 3.05) is 6.61 Å². The SMILES string of the molecule is CCOC(=O)c1cc2cc(C=CC(=O)OC(C)(C)C)ccc2[nH]1. The smallest absolute Gasteiger partial charge is 0.354 e. The van der Waals surface area contributed by atoms with Gasteiger partial charge in [-0.25, -0.2) is 9.59 Å². The largest absolute Gasteiger partial charge is 0.461 e. The van der Waals surface area contributed by atoms with Crippen molar-refractivity contribution in [2.45, 2.75) is 33.3 Å². The average Bonchev–Trinajstić information content (AvgIpc) is 2.86. The molecule has 0 aliphatic rings. The first-order valence-corrected chi connectivity index (χ1v) is 7.49. The highest BCUT2D eigenvalue weighted by Gasteiger charge is 2.14. The van der Waals surface area contributed by atoms with Crippen LogP contribution >= 0.6 is 0 Å². The Morgan fingerprint density at radius 2 is 1.96 bits per heavy atom. The first kappa shape index (κ1) is 16.8. The van der Waals surface area contributed by atoms with Crippen molar-refractivity contribution in [3.8, 4) is 0 Å². The van der Waals surface area contributed by atoms with E-state index < -0.39 is 5.60 Å². The van der Waals surface area contributed by atoms with Crippen molar-refractivity contribution in [2.24, 2.45) is 0 Å². The Hall–Kier alpha value is -2.56. The standard InChI is InChI=1S/C18H21NO4/c1-5-22-17(21)15-11-13-10-12(6-8-14(13)19-15)7-9-16(20)23-18(2,3)4/h6-11,19H,5H2,1-4H3. The number of carbonyl (C=O) groups is 2. The monoisotopic (exact) mass is 315 g/mol. The molecule has 0 fully saturated rings. The lowest BCUT2D eigenvalue weighted by Crippen LogP contribution is -2.22. The summed E-state index contributed by atoms with van der Waals surface area (Å²) in [6.07, 6.45) is 3.08. The summed E-state index contributed by atoms with van der Waals surface area (Å²) in [4.78, 5) is 26.4. The molecule has 1 aromatic heterocycles. The summed E-state index contributed by atoms with van der Waals surface area (Å²) >= 11 is 0. The van der Waals surface area contributed by atoms with Crippen LogP contribution in [-0.4, -0.2) is 29.1 Å². The lowest BCUT2D eigenvalue weighted by Gasteiger charge is -2.17. The number of nitrogens with one attached hydrogen (secondary N) is 1. The van der Waals surface area contributed by atoms with Gasteiger partial charge in [-0.2, -0.15) is 0 Å². The third-order valence-corrected chi connectivity index (χ3v) is 2.96. The van der Waals surface area contributed by atoms with Gasteiger partial charge in [0.05, 0.1) is 6.61 Å². The van der Waals surface area contributed by atoms with Gasteiger partial charge in [-0.3, -0.25) is 0 Å². The predicted molar refractivity (Wildman–Crippen MR) is 89.1 cm³/mol. The molecule has 0 bridgehead atoms. The fourth-order valence-corrected chi connectivity index (χ4v) is 2.07. The second kappa shape index (κ2) is 6.69. The van der Waals surface area contributed by atoms with Crippen LogP contribution in [-0.2, 0) is 14.3 Å². The van der Waals surface area contributed by atoms with Crippen molar-refractivity contribution in [1.29, 1.82) is 0 Å². The van der Waals surface area contributed by atoms with E-state index in [1.54, 1.807) is 19.1 Å². The highest BCUT2D eigenvalue weighted by molar-refractivity contribution is 5.96. The van der Waals surface area contributed by atoms with Crippen molar-refractivity contribution in [3.05, 3.63) is 41.6 Å². The molecular weight excluding hydrogens is 294 g/mol. The molecule has 1 heterocycles. The Morgan fingerprint density at radius 1 is 1.22 bits per heavy atom. The van der Waals surface area contributed by atoms with Crippen LogP contribution in [0.25, 0.3) is 17.0 Å². The first-order valence-electron chi connectivity index (χ1n) is 7.49. The second-order valence-electron chi connectivity index (χ2n) is 6.12. The third kappa shape index (κ3) is 4.71. The molecule has 0 saturated carbocycles. The number of hydrogen-bond acceptors (Lipinski definition) is 4. The molecular formula is C18H21NO4. The molecule has 5 nitrogen and oxygen atoms in total. The molecule has 0 radical (unpaired) electrons. The zero-order valence-electron chi connectivity index (χ0n) is 13.8. The van der Waals surface area contributed by atoms with Crippen LogP contribution in [0.15, 0.2) is 30.3 Å². The van der Waals surface area contributed by atoms with Crippen molar-refractivity contribution in [1.82, 2.24) is 4.98 Å². The maximum Gasteiger partial charge on any atom is 0.354 e. The van der Waals surface area contributed by atoms with Gasteiger partial charge in [0, 0.05) is 17.0 Å². The molecule has 23 heavy (non-hydrogen) atoms. The number of H-pyrrole nitrogens is 1. The van der Waals surface area contributed by atoms with Gasteiger partial charge in [-0.05, 0) is 57.5 Å². The second-order valence-corrected chi connectivity index (χ2v) is 6.12. The fourth-order valence-electron chi connectivity index (χ4n) is 2.07. The normalized spacial score (nSPS) is 11.8. The molecule has 2 aromatic rings. The quantitative estimate of drug-likeness (QED) is 0.690. The van der Waals surface area contributed by atoms with Gasteiger partial charge in [0.2, 0.25) is 0 Å². The number of carbonyl (C=O) groups excluding carboxylic acids is 2. The predicted octanol–water partition coefficient (Wildman–Crippen LogP) is 3.70. The molecule has 1 N–H and O–H groups in total. The summed E-state index contributed by atoms with van der Waals surface area (Å²) in [5.41, 5.74) is 1.58. The summed E-state index contributed by atoms with van der Waals surface area (Å²) in [6, 6.07) is 7.33. The minimum atomic E-state index is -0.513. The zero-order valence-corrected chi connectivity index (χ0v) is 13.8. The topological polar surface area (TPSA) is 68.4 Å². The number of fused-ring (bicyclic) bond motifs is 1. The molecule has 0 saturated heterocycles. The lowest BCUT2D eigenvalue weighted by atomic mass is 10.1. The van der Waals surface area contributed by atoms with Gasteiger partial charge in [0.1, 0.15) is 11.3 Å². The van der Waals surface area contributed by atoms with Crippen molar-refractivity contribution in [3.63, 3.8) is 0 Å². The van der Waals surface area contributed by atoms with Crippen LogP contribution < -0.4 is 0 Å². The number of ether oxygens (including phenoxy) is 2. The Morgan fingerprint density at radius 3 is 2.61 bits per heavy atom. The van der Waals surface area contributed by atoms with Crippen LogP contribution in [0, 0.1) is 0 Å². The zero-order chi connectivity index (χ0) is 17.0. The van der Waals surface area contributed by atoms with E-state index in [9.17, 15) is 9.59 Å². The minimum absolute atomic E-state index is 0.331. The van der Waals surface area contributed by atoms with E-state index in [0.717, 1.165) is 16.5 Å². The number of benzene rings is 1. The highest BCUT2D eigenvalue weighted by atomic mass is 16.6. The maximum absolute atomic E-state index is 11.7. The van der Waals surface area contributed by atoms with E-state index in [1.165, 1.54) is 6.08 Å². The molecule has 122 valence electrons. The fraction of sp³-hybridized carbons (Fsp3) is 0.333. The van der Waals surface area contributed by atoms with Crippen molar-refractivity contribution < 1.29 is 19.1 Å². The number of hydrogen-bond donors (Lipinski definition) is 1. The minimum Gasteiger partial charge on any atom is -0.461 e. The van der Waals surface area contributed by atoms with E-state index in [4.69, 9.17) is 9.47 Å². The molecule has 0 aliphatic heterocycles. The van der Waals surface area contributed by atoms with Gasteiger partial charge < -0.3 is 14.5 Å². The molecule has 1 aromatic carbocycles. The van der Waals surface area contributed by atoms with Crippen LogP contribution in [0.3, 0.4) is 0 Å². The summed E-state index contributed by atoms with van der Waals surface area (Å²) in [5.74, 6) is -0.770. The Bertz CT molecular complexity index is 750. The maximum atomic E-state index is 11.7. The number of aromatic nitrogens is 1. The van der Waals surface area contributed by atoms with Gasteiger partial charge in [0.25, 0.3) is 0 Å². The summed E-state index contributed by atoms with van der Waals surface area (Å²) in [6.45, 7) is 7.56. The van der Waals surface area contributed by atoms with E-state index in [0.29, 0.717) is 12.3 Å². The Balaban J connectivity index is 2.17. The Kier molecular flexibility index (Phi) is 4.89. The van der Waals surface area contributed by atoms with Crippen LogP contribution in [0.1, 0.15) is 43.7 Å².